The van der Waals surface area contributed by atoms with Crippen LogP contribution in [0.25, 0.3) is 5.69 Å². The standard InChI is InChI=1S/C11H11BrN4O2/c12-8-1-2-9(16(17)18)10(7-8)15-6-5-14-11(15)3-4-13/h1-2,5-7H,3-4,13H2. The fraction of sp³-hybridized carbons (Fsp3) is 0.182. The van der Waals surface area contributed by atoms with Gasteiger partial charge in [0, 0.05) is 29.4 Å². The highest BCUT2D eigenvalue weighted by Crippen LogP contribution is 2.27. The van der Waals surface area contributed by atoms with Crippen molar-refractivity contribution in [2.75, 3.05) is 6.54 Å². The quantitative estimate of drug-likeness (QED) is 0.691. The van der Waals surface area contributed by atoms with Crippen LogP contribution in [0.2, 0.25) is 0 Å². The first-order chi connectivity index (χ1) is 8.63. The first-order valence-corrected chi connectivity index (χ1v) is 6.09. The van der Waals surface area contributed by atoms with Crippen LogP contribution in [0.15, 0.2) is 35.1 Å². The van der Waals surface area contributed by atoms with Gasteiger partial charge < -0.3 is 5.73 Å². The van der Waals surface area contributed by atoms with Gasteiger partial charge in [0.15, 0.2) is 0 Å². The molecule has 0 aliphatic carbocycles. The van der Waals surface area contributed by atoms with Crippen LogP contribution in [0.4, 0.5) is 5.69 Å². The van der Waals surface area contributed by atoms with Gasteiger partial charge in [-0.3, -0.25) is 14.7 Å². The lowest BCUT2D eigenvalue weighted by atomic mass is 10.2. The van der Waals surface area contributed by atoms with E-state index in [0.717, 1.165) is 4.47 Å². The van der Waals surface area contributed by atoms with E-state index in [0.29, 0.717) is 24.5 Å². The Labute approximate surface area is 112 Å². The second-order valence-electron chi connectivity index (χ2n) is 3.64. The molecular formula is C11H11BrN4O2. The summed E-state index contributed by atoms with van der Waals surface area (Å²) in [6, 6.07) is 4.80. The van der Waals surface area contributed by atoms with Crippen LogP contribution >= 0.6 is 15.9 Å². The van der Waals surface area contributed by atoms with Gasteiger partial charge in [0.2, 0.25) is 0 Å². The fourth-order valence-electron chi connectivity index (χ4n) is 1.71. The molecule has 94 valence electrons. The van der Waals surface area contributed by atoms with Crippen molar-refractivity contribution in [2.24, 2.45) is 5.73 Å². The third-order valence-electron chi connectivity index (χ3n) is 2.48. The Morgan fingerprint density at radius 3 is 2.94 bits per heavy atom. The van der Waals surface area contributed by atoms with E-state index < -0.39 is 4.92 Å². The zero-order chi connectivity index (χ0) is 13.1. The SMILES string of the molecule is NCCc1nccn1-c1cc(Br)ccc1[N+](=O)[O-]. The molecule has 7 heteroatoms. The van der Waals surface area contributed by atoms with E-state index >= 15 is 0 Å². The average molecular weight is 311 g/mol. The molecule has 18 heavy (non-hydrogen) atoms. The molecule has 0 aliphatic rings. The second kappa shape index (κ2) is 5.28. The van der Waals surface area contributed by atoms with E-state index in [-0.39, 0.29) is 5.69 Å². The zero-order valence-corrected chi connectivity index (χ0v) is 11.0. The van der Waals surface area contributed by atoms with Crippen LogP contribution in [-0.2, 0) is 6.42 Å². The van der Waals surface area contributed by atoms with Gasteiger partial charge in [0.05, 0.1) is 4.92 Å². The highest BCUT2D eigenvalue weighted by molar-refractivity contribution is 9.10. The van der Waals surface area contributed by atoms with Gasteiger partial charge in [-0.05, 0) is 18.7 Å². The molecule has 6 nitrogen and oxygen atoms in total. The Morgan fingerprint density at radius 2 is 2.28 bits per heavy atom. The Morgan fingerprint density at radius 1 is 1.50 bits per heavy atom. The van der Waals surface area contributed by atoms with Gasteiger partial charge in [-0.15, -0.1) is 0 Å². The van der Waals surface area contributed by atoms with Crippen molar-refractivity contribution < 1.29 is 4.92 Å². The molecule has 1 aromatic heterocycles. The molecule has 0 fully saturated rings. The van der Waals surface area contributed by atoms with Crippen molar-refractivity contribution in [1.29, 1.82) is 0 Å². The third kappa shape index (κ3) is 2.41. The second-order valence-corrected chi connectivity index (χ2v) is 4.56. The molecule has 2 rings (SSSR count). The van der Waals surface area contributed by atoms with E-state index in [2.05, 4.69) is 20.9 Å². The predicted molar refractivity (Wildman–Crippen MR) is 70.7 cm³/mol. The van der Waals surface area contributed by atoms with E-state index in [4.69, 9.17) is 5.73 Å². The maximum Gasteiger partial charge on any atom is 0.293 e. The average Bonchev–Trinajstić information content (AvgIpc) is 2.77. The monoisotopic (exact) mass is 310 g/mol. The van der Waals surface area contributed by atoms with Crippen LogP contribution in [-0.4, -0.2) is 21.0 Å². The van der Waals surface area contributed by atoms with Gasteiger partial charge in [-0.1, -0.05) is 15.9 Å². The van der Waals surface area contributed by atoms with Crippen molar-refractivity contribution >= 4 is 21.6 Å². The van der Waals surface area contributed by atoms with Crippen LogP contribution in [0.3, 0.4) is 0 Å². The molecule has 0 atom stereocenters. The summed E-state index contributed by atoms with van der Waals surface area (Å²) >= 11 is 3.31. The van der Waals surface area contributed by atoms with E-state index in [1.165, 1.54) is 6.07 Å². The molecule has 0 aliphatic heterocycles. The number of nitrogens with two attached hydrogens (primary N) is 1. The van der Waals surface area contributed by atoms with Crippen LogP contribution in [0, 0.1) is 10.1 Å². The molecule has 0 saturated heterocycles. The first kappa shape index (κ1) is 12.7. The minimum absolute atomic E-state index is 0.0365. The fourth-order valence-corrected chi connectivity index (χ4v) is 2.06. The Hall–Kier alpha value is -1.73. The summed E-state index contributed by atoms with van der Waals surface area (Å²) in [7, 11) is 0. The van der Waals surface area contributed by atoms with Gasteiger partial charge in [-0.2, -0.15) is 0 Å². The number of benzene rings is 1. The smallest absolute Gasteiger partial charge is 0.293 e. The Kier molecular flexibility index (Phi) is 3.73. The molecule has 1 heterocycles. The summed E-state index contributed by atoms with van der Waals surface area (Å²) in [6.07, 6.45) is 3.87. The van der Waals surface area contributed by atoms with E-state index in [1.807, 2.05) is 0 Å². The first-order valence-electron chi connectivity index (χ1n) is 5.30. The molecule has 0 spiro atoms. The number of hydrogen-bond acceptors (Lipinski definition) is 4. The molecule has 0 radical (unpaired) electrons. The molecule has 1 aromatic carbocycles. The normalized spacial score (nSPS) is 10.6. The third-order valence-corrected chi connectivity index (χ3v) is 2.97. The van der Waals surface area contributed by atoms with Crippen molar-refractivity contribution in [3.05, 3.63) is 51.0 Å². The van der Waals surface area contributed by atoms with Crippen molar-refractivity contribution in [3.8, 4) is 5.69 Å². The van der Waals surface area contributed by atoms with Crippen molar-refractivity contribution in [2.45, 2.75) is 6.42 Å². The lowest BCUT2D eigenvalue weighted by molar-refractivity contribution is -0.384. The van der Waals surface area contributed by atoms with Gasteiger partial charge >= 0.3 is 0 Å². The number of aromatic nitrogens is 2. The number of hydrogen-bond donors (Lipinski definition) is 1. The van der Waals surface area contributed by atoms with Crippen LogP contribution < -0.4 is 5.73 Å². The molecule has 0 saturated carbocycles. The summed E-state index contributed by atoms with van der Waals surface area (Å²) < 4.78 is 2.46. The van der Waals surface area contributed by atoms with Crippen LogP contribution in [0.5, 0.6) is 0 Å². The van der Waals surface area contributed by atoms with Gasteiger partial charge in [0.1, 0.15) is 11.5 Å². The summed E-state index contributed by atoms with van der Waals surface area (Å²) in [4.78, 5) is 14.8. The summed E-state index contributed by atoms with van der Waals surface area (Å²) in [5.74, 6) is 0.707. The number of nitrogens with zero attached hydrogens (tertiary/aromatic N) is 3. The maximum atomic E-state index is 11.0. The lowest BCUT2D eigenvalue weighted by Gasteiger charge is -2.08. The highest BCUT2D eigenvalue weighted by Gasteiger charge is 2.17. The number of nitro groups is 1. The van der Waals surface area contributed by atoms with Crippen molar-refractivity contribution in [3.63, 3.8) is 0 Å². The van der Waals surface area contributed by atoms with Crippen molar-refractivity contribution in [1.82, 2.24) is 9.55 Å². The van der Waals surface area contributed by atoms with Gasteiger partial charge in [0.25, 0.3) is 5.69 Å². The predicted octanol–water partition coefficient (Wildman–Crippen LogP) is 2.04. The number of halogens is 1. The van der Waals surface area contributed by atoms with E-state index in [9.17, 15) is 10.1 Å². The summed E-state index contributed by atoms with van der Waals surface area (Å²) in [5, 5.41) is 11.0. The Balaban J connectivity index is 2.58. The minimum Gasteiger partial charge on any atom is -0.330 e. The maximum absolute atomic E-state index is 11.0. The molecule has 0 unspecified atom stereocenters. The van der Waals surface area contributed by atoms with Crippen LogP contribution in [0.1, 0.15) is 5.82 Å². The number of imidazole rings is 1. The summed E-state index contributed by atoms with van der Waals surface area (Å²) in [6.45, 7) is 0.443. The summed E-state index contributed by atoms with van der Waals surface area (Å²) in [5.41, 5.74) is 6.02. The minimum atomic E-state index is -0.409. The topological polar surface area (TPSA) is 87.0 Å². The van der Waals surface area contributed by atoms with Gasteiger partial charge in [-0.25, -0.2) is 4.98 Å². The Bertz CT molecular complexity index is 582. The molecular weight excluding hydrogens is 300 g/mol. The number of nitro benzene ring substituents is 1. The largest absolute Gasteiger partial charge is 0.330 e. The molecule has 2 N–H and O–H groups in total. The molecule has 0 bridgehead atoms. The highest BCUT2D eigenvalue weighted by atomic mass is 79.9. The molecule has 2 aromatic rings. The number of rotatable bonds is 4. The lowest BCUT2D eigenvalue weighted by Crippen LogP contribution is -2.09. The molecule has 0 amide bonds. The van der Waals surface area contributed by atoms with E-state index in [1.54, 1.807) is 29.1 Å². The zero-order valence-electron chi connectivity index (χ0n) is 9.41.